The van der Waals surface area contributed by atoms with E-state index in [0.29, 0.717) is 48.5 Å². The fraction of sp³-hybridized carbons (Fsp3) is 0.483. The number of halogens is 1. The smallest absolute Gasteiger partial charge is 0.410 e. The van der Waals surface area contributed by atoms with Gasteiger partial charge in [-0.1, -0.05) is 11.6 Å². The number of aromatic nitrogens is 4. The molecule has 2 amide bonds. The molecule has 3 aromatic rings. The van der Waals surface area contributed by atoms with E-state index >= 15 is 0 Å². The molecule has 4 rings (SSSR count). The predicted octanol–water partition coefficient (Wildman–Crippen LogP) is 4.66. The number of ether oxygens (including phenoxy) is 4. The molecule has 0 aromatic carbocycles. The molecule has 3 aromatic heterocycles. The van der Waals surface area contributed by atoms with Crippen molar-refractivity contribution in [2.24, 2.45) is 10.9 Å². The van der Waals surface area contributed by atoms with E-state index in [1.165, 1.54) is 31.3 Å². The van der Waals surface area contributed by atoms with Gasteiger partial charge in [0.2, 0.25) is 4.80 Å². The molecule has 1 aliphatic rings. The van der Waals surface area contributed by atoms with Crippen LogP contribution in [0.3, 0.4) is 0 Å². The molecular formula is C29H35ClN6O7S. The number of carbonyl (C=O) groups is 3. The van der Waals surface area contributed by atoms with E-state index in [1.54, 1.807) is 24.0 Å². The number of carbonyl (C=O) groups excluding carboxylic acids is 3. The zero-order chi connectivity index (χ0) is 32.0. The first-order valence-electron chi connectivity index (χ1n) is 13.9. The van der Waals surface area contributed by atoms with Gasteiger partial charge in [0.15, 0.2) is 6.73 Å². The van der Waals surface area contributed by atoms with E-state index in [0.717, 1.165) is 11.3 Å². The molecule has 44 heavy (non-hydrogen) atoms. The van der Waals surface area contributed by atoms with Crippen LogP contribution in [0, 0.1) is 12.8 Å². The number of pyridine rings is 2. The van der Waals surface area contributed by atoms with Crippen LogP contribution in [-0.4, -0.2) is 75.5 Å². The van der Waals surface area contributed by atoms with Gasteiger partial charge in [0.1, 0.15) is 16.5 Å². The maximum atomic E-state index is 13.5. The number of hydrogen-bond acceptors (Lipinski definition) is 11. The Balaban J connectivity index is 1.46. The summed E-state index contributed by atoms with van der Waals surface area (Å²) in [6, 6.07) is 3.33. The van der Waals surface area contributed by atoms with Crippen LogP contribution in [0.15, 0.2) is 29.5 Å². The van der Waals surface area contributed by atoms with Crippen molar-refractivity contribution < 1.29 is 33.3 Å². The van der Waals surface area contributed by atoms with Crippen molar-refractivity contribution in [3.63, 3.8) is 0 Å². The molecule has 236 valence electrons. The number of likely N-dealkylation sites (tertiary alicyclic amines) is 1. The summed E-state index contributed by atoms with van der Waals surface area (Å²) in [4.78, 5) is 52.9. The molecule has 0 aliphatic carbocycles. The molecule has 0 radical (unpaired) electrons. The van der Waals surface area contributed by atoms with Crippen molar-refractivity contribution in [2.45, 2.75) is 59.3 Å². The lowest BCUT2D eigenvalue weighted by molar-refractivity contribution is -0.149. The predicted molar refractivity (Wildman–Crippen MR) is 162 cm³/mol. The number of esters is 1. The van der Waals surface area contributed by atoms with E-state index in [2.05, 4.69) is 20.1 Å². The molecule has 0 bridgehead atoms. The standard InChI is InChI=1S/C29H35ClN6O7S/c1-17-11-19(20-13-23(30)32-15-22(20)40-5)21(14-31-17)25(38)33-26-36(34-27(41-6)44-26)16-42-24(37)12-18-7-9-35(10-8-18)28(39)43-29(2,3)4/h11,13-15,18H,7-10,12,16H2,1-6H3. The fourth-order valence-electron chi connectivity index (χ4n) is 4.50. The Morgan fingerprint density at radius 2 is 1.80 bits per heavy atom. The number of amides is 2. The Hall–Kier alpha value is -4.04. The minimum absolute atomic E-state index is 0.0630. The summed E-state index contributed by atoms with van der Waals surface area (Å²) in [7, 11) is 2.93. The van der Waals surface area contributed by atoms with E-state index in [-0.39, 0.29) is 45.9 Å². The molecule has 0 atom stereocenters. The van der Waals surface area contributed by atoms with Gasteiger partial charge in [0.25, 0.3) is 11.1 Å². The molecule has 13 nitrogen and oxygen atoms in total. The van der Waals surface area contributed by atoms with Gasteiger partial charge in [-0.15, -0.1) is 5.10 Å². The van der Waals surface area contributed by atoms with E-state index in [9.17, 15) is 14.4 Å². The minimum atomic E-state index is -0.606. The van der Waals surface area contributed by atoms with Gasteiger partial charge in [-0.2, -0.15) is 9.67 Å². The summed E-state index contributed by atoms with van der Waals surface area (Å²) in [6.45, 7) is 8.01. The number of hydrogen-bond donors (Lipinski definition) is 0. The van der Waals surface area contributed by atoms with Crippen LogP contribution in [0.2, 0.25) is 5.15 Å². The van der Waals surface area contributed by atoms with Gasteiger partial charge in [-0.3, -0.25) is 14.6 Å². The number of aryl methyl sites for hydroxylation is 1. The van der Waals surface area contributed by atoms with Gasteiger partial charge in [-0.05, 0) is 69.9 Å². The summed E-state index contributed by atoms with van der Waals surface area (Å²) in [5.41, 5.74) is 1.37. The summed E-state index contributed by atoms with van der Waals surface area (Å²) in [5, 5.41) is 4.71. The number of nitrogens with zero attached hydrogens (tertiary/aromatic N) is 6. The van der Waals surface area contributed by atoms with E-state index in [1.807, 2.05) is 20.8 Å². The zero-order valence-corrected chi connectivity index (χ0v) is 27.0. The van der Waals surface area contributed by atoms with Crippen LogP contribution in [-0.2, 0) is 21.0 Å². The molecule has 0 saturated carbocycles. The normalized spacial score (nSPS) is 14.3. The molecule has 0 N–H and O–H groups in total. The lowest BCUT2D eigenvalue weighted by Crippen LogP contribution is -2.42. The molecule has 0 spiro atoms. The zero-order valence-electron chi connectivity index (χ0n) is 25.5. The first-order chi connectivity index (χ1) is 20.9. The molecule has 1 saturated heterocycles. The van der Waals surface area contributed by atoms with Crippen molar-refractivity contribution >= 4 is 40.9 Å². The maximum Gasteiger partial charge on any atom is 0.410 e. The molecule has 15 heteroatoms. The van der Waals surface area contributed by atoms with Crippen LogP contribution < -0.4 is 14.3 Å². The van der Waals surface area contributed by atoms with Crippen LogP contribution >= 0.6 is 22.9 Å². The average molecular weight is 647 g/mol. The highest BCUT2D eigenvalue weighted by atomic mass is 35.5. The Labute approximate surface area is 263 Å². The van der Waals surface area contributed by atoms with Crippen LogP contribution in [0.25, 0.3) is 11.1 Å². The molecule has 0 unspecified atom stereocenters. The van der Waals surface area contributed by atoms with Crippen molar-refractivity contribution in [3.8, 4) is 22.1 Å². The monoisotopic (exact) mass is 646 g/mol. The Kier molecular flexibility index (Phi) is 10.6. The van der Waals surface area contributed by atoms with E-state index in [4.69, 9.17) is 30.5 Å². The first-order valence-corrected chi connectivity index (χ1v) is 15.1. The Bertz CT molecular complexity index is 1590. The lowest BCUT2D eigenvalue weighted by Gasteiger charge is -2.33. The third kappa shape index (κ3) is 8.53. The average Bonchev–Trinajstić information content (AvgIpc) is 3.36. The summed E-state index contributed by atoms with van der Waals surface area (Å²) in [5.74, 6) is -0.547. The largest absolute Gasteiger partial charge is 0.494 e. The second kappa shape index (κ2) is 14.2. The Morgan fingerprint density at radius 1 is 1.07 bits per heavy atom. The van der Waals surface area contributed by atoms with Gasteiger partial charge in [-0.25, -0.2) is 9.78 Å². The third-order valence-electron chi connectivity index (χ3n) is 6.66. The van der Waals surface area contributed by atoms with Crippen molar-refractivity contribution in [2.75, 3.05) is 27.3 Å². The van der Waals surface area contributed by atoms with Gasteiger partial charge < -0.3 is 23.8 Å². The summed E-state index contributed by atoms with van der Waals surface area (Å²) in [6.07, 6.45) is 4.05. The highest BCUT2D eigenvalue weighted by Crippen LogP contribution is 2.34. The van der Waals surface area contributed by atoms with Gasteiger partial charge in [0.05, 0.1) is 26.0 Å². The van der Waals surface area contributed by atoms with Crippen LogP contribution in [0.4, 0.5) is 4.79 Å². The Morgan fingerprint density at radius 3 is 2.45 bits per heavy atom. The molecule has 1 aliphatic heterocycles. The molecular weight excluding hydrogens is 612 g/mol. The minimum Gasteiger partial charge on any atom is -0.494 e. The summed E-state index contributed by atoms with van der Waals surface area (Å²) >= 11 is 7.17. The SMILES string of the molecule is COc1nn(COC(=O)CC2CCN(C(=O)OC(C)(C)C)CC2)c(=NC(=O)c2cnc(C)cc2-c2cc(Cl)ncc2OC)s1. The second-order valence-corrected chi connectivity index (χ2v) is 12.4. The highest BCUT2D eigenvalue weighted by Gasteiger charge is 2.28. The fourth-order valence-corrected chi connectivity index (χ4v) is 5.37. The van der Waals surface area contributed by atoms with Crippen molar-refractivity contribution in [1.82, 2.24) is 24.6 Å². The van der Waals surface area contributed by atoms with Gasteiger partial charge >= 0.3 is 12.1 Å². The summed E-state index contributed by atoms with van der Waals surface area (Å²) < 4.78 is 22.9. The third-order valence-corrected chi connectivity index (χ3v) is 7.77. The maximum absolute atomic E-state index is 13.5. The number of methoxy groups -OCH3 is 2. The highest BCUT2D eigenvalue weighted by molar-refractivity contribution is 7.10. The second-order valence-electron chi connectivity index (χ2n) is 11.1. The van der Waals surface area contributed by atoms with Crippen LogP contribution in [0.1, 0.15) is 56.1 Å². The quantitative estimate of drug-likeness (QED) is 0.250. The van der Waals surface area contributed by atoms with Crippen molar-refractivity contribution in [3.05, 3.63) is 45.7 Å². The molecule has 1 fully saturated rings. The molecule has 4 heterocycles. The van der Waals surface area contributed by atoms with Gasteiger partial charge in [0, 0.05) is 42.5 Å². The number of rotatable bonds is 8. The first kappa shape index (κ1) is 32.9. The topological polar surface area (TPSA) is 147 Å². The van der Waals surface area contributed by atoms with Crippen molar-refractivity contribution in [1.29, 1.82) is 0 Å². The lowest BCUT2D eigenvalue weighted by atomic mass is 9.94. The van der Waals surface area contributed by atoms with E-state index < -0.39 is 17.5 Å². The number of piperidine rings is 1. The van der Waals surface area contributed by atoms with Crippen LogP contribution in [0.5, 0.6) is 10.9 Å².